The normalized spacial score (nSPS) is 10.8. The topological polar surface area (TPSA) is 161 Å². The van der Waals surface area contributed by atoms with Crippen LogP contribution in [0.4, 0.5) is 5.69 Å². The van der Waals surface area contributed by atoms with Gasteiger partial charge in [-0.25, -0.2) is 24.2 Å². The number of carbonyl (C=O) groups is 4. The van der Waals surface area contributed by atoms with Gasteiger partial charge in [-0.15, -0.1) is 0 Å². The first-order chi connectivity index (χ1) is 24.7. The minimum atomic E-state index is -1.01. The Morgan fingerprint density at radius 2 is 0.941 bits per heavy atom. The molecule has 0 radical (unpaired) electrons. The van der Waals surface area contributed by atoms with Crippen molar-refractivity contribution in [3.63, 3.8) is 0 Å². The highest BCUT2D eigenvalue weighted by atomic mass is 16.6. The molecule has 0 saturated heterocycles. The Kier molecular flexibility index (Phi) is 20.8. The summed E-state index contributed by atoms with van der Waals surface area (Å²) in [4.78, 5) is 71.1. The molecule has 0 atom stereocenters. The number of nitro groups is 1. The third kappa shape index (κ3) is 14.4. The molecular formula is C39H56N2O10. The van der Waals surface area contributed by atoms with Gasteiger partial charge in [-0.05, 0) is 31.2 Å². The highest BCUT2D eigenvalue weighted by Gasteiger charge is 2.36. The van der Waals surface area contributed by atoms with Gasteiger partial charge < -0.3 is 18.9 Å². The Balaban J connectivity index is 2.87. The lowest BCUT2D eigenvalue weighted by atomic mass is 9.91. The smallest absolute Gasteiger partial charge is 0.357 e. The van der Waals surface area contributed by atoms with Crippen molar-refractivity contribution in [1.29, 1.82) is 0 Å². The molecule has 12 heteroatoms. The second-order valence-corrected chi connectivity index (χ2v) is 12.5. The first kappa shape index (κ1) is 42.8. The van der Waals surface area contributed by atoms with E-state index in [0.717, 1.165) is 83.1 Å². The van der Waals surface area contributed by atoms with Crippen LogP contribution in [0.25, 0.3) is 11.1 Å². The summed E-state index contributed by atoms with van der Waals surface area (Å²) in [6.07, 6.45) is 13.0. The van der Waals surface area contributed by atoms with Gasteiger partial charge in [0.1, 0.15) is 11.1 Å². The zero-order valence-electron chi connectivity index (χ0n) is 30.9. The molecule has 51 heavy (non-hydrogen) atoms. The van der Waals surface area contributed by atoms with E-state index in [1.807, 2.05) is 27.7 Å². The first-order valence-electron chi connectivity index (χ1n) is 18.7. The third-order valence-corrected chi connectivity index (χ3v) is 8.26. The SMILES string of the molecule is CCCCCCOC(=O)c1nc(C(=O)OCCCCCC)c(C(=O)OCCCCCC)c(-c2cccc([N+](=O)[O-])c2)c1C(=O)OCCCCCC. The zero-order valence-corrected chi connectivity index (χ0v) is 30.9. The minimum absolute atomic E-state index is 0.0106. The van der Waals surface area contributed by atoms with Crippen molar-refractivity contribution in [1.82, 2.24) is 4.98 Å². The van der Waals surface area contributed by atoms with Crippen LogP contribution in [0.15, 0.2) is 24.3 Å². The minimum Gasteiger partial charge on any atom is -0.462 e. The van der Waals surface area contributed by atoms with Gasteiger partial charge in [0.25, 0.3) is 5.69 Å². The monoisotopic (exact) mass is 712 g/mol. The molecule has 1 heterocycles. The molecule has 0 bridgehead atoms. The Morgan fingerprint density at radius 1 is 0.569 bits per heavy atom. The number of nitro benzene ring substituents is 1. The van der Waals surface area contributed by atoms with Crippen LogP contribution in [-0.4, -0.2) is 60.2 Å². The fraction of sp³-hybridized carbons (Fsp3) is 0.615. The number of carbonyl (C=O) groups excluding carboxylic acids is 4. The predicted molar refractivity (Wildman–Crippen MR) is 194 cm³/mol. The number of aromatic nitrogens is 1. The first-order valence-corrected chi connectivity index (χ1v) is 18.7. The van der Waals surface area contributed by atoms with Gasteiger partial charge >= 0.3 is 23.9 Å². The standard InChI is InChI=1S/C39H56N2O10/c1-5-9-13-17-24-48-36(42)32-31(29-22-21-23-30(28-29)41(46)47)33(37(43)49-25-18-14-10-6-2)35(39(45)51-27-20-16-12-8-4)40-34(32)38(44)50-26-19-15-11-7-3/h21-23,28H,5-20,24-27H2,1-4H3. The molecule has 1 aromatic carbocycles. The lowest BCUT2D eigenvalue weighted by Crippen LogP contribution is -2.26. The van der Waals surface area contributed by atoms with Crippen LogP contribution < -0.4 is 0 Å². The van der Waals surface area contributed by atoms with Crippen molar-refractivity contribution in [2.45, 2.75) is 130 Å². The average molecular weight is 713 g/mol. The molecule has 0 amide bonds. The number of ether oxygens (including phenoxy) is 4. The van der Waals surface area contributed by atoms with Crippen LogP contribution in [0, 0.1) is 10.1 Å². The van der Waals surface area contributed by atoms with E-state index in [4.69, 9.17) is 18.9 Å². The van der Waals surface area contributed by atoms with Gasteiger partial charge in [0.05, 0.1) is 31.4 Å². The zero-order chi connectivity index (χ0) is 37.4. The number of esters is 4. The summed E-state index contributed by atoms with van der Waals surface area (Å²) in [5.41, 5.74) is -2.57. The molecule has 0 fully saturated rings. The van der Waals surface area contributed by atoms with Gasteiger partial charge in [-0.1, -0.05) is 117 Å². The number of pyridine rings is 1. The van der Waals surface area contributed by atoms with Crippen molar-refractivity contribution in [3.05, 3.63) is 56.9 Å². The second-order valence-electron chi connectivity index (χ2n) is 12.5. The van der Waals surface area contributed by atoms with E-state index in [1.54, 1.807) is 0 Å². The predicted octanol–water partition coefficient (Wildman–Crippen LogP) is 9.61. The van der Waals surface area contributed by atoms with E-state index in [2.05, 4.69) is 4.98 Å². The second kappa shape index (κ2) is 24.7. The molecule has 0 unspecified atom stereocenters. The fourth-order valence-corrected chi connectivity index (χ4v) is 5.40. The molecule has 12 nitrogen and oxygen atoms in total. The van der Waals surface area contributed by atoms with E-state index in [1.165, 1.54) is 18.2 Å². The van der Waals surface area contributed by atoms with Gasteiger partial charge in [-0.2, -0.15) is 0 Å². The summed E-state index contributed by atoms with van der Waals surface area (Å²) in [5.74, 6) is -4.00. The van der Waals surface area contributed by atoms with Crippen LogP contribution >= 0.6 is 0 Å². The van der Waals surface area contributed by atoms with E-state index < -0.39 is 51.3 Å². The third-order valence-electron chi connectivity index (χ3n) is 8.26. The molecule has 0 aliphatic carbocycles. The van der Waals surface area contributed by atoms with Crippen molar-refractivity contribution < 1.29 is 43.0 Å². The number of benzene rings is 1. The summed E-state index contributed by atoms with van der Waals surface area (Å²) < 4.78 is 22.4. The summed E-state index contributed by atoms with van der Waals surface area (Å²) in [5, 5.41) is 11.9. The Bertz CT molecular complexity index is 1350. The highest BCUT2D eigenvalue weighted by molar-refractivity contribution is 6.15. The number of hydrogen-bond acceptors (Lipinski definition) is 11. The van der Waals surface area contributed by atoms with Crippen LogP contribution in [-0.2, 0) is 18.9 Å². The molecule has 0 spiro atoms. The van der Waals surface area contributed by atoms with E-state index in [-0.39, 0.29) is 43.2 Å². The highest BCUT2D eigenvalue weighted by Crippen LogP contribution is 2.35. The van der Waals surface area contributed by atoms with Crippen molar-refractivity contribution in [2.75, 3.05) is 26.4 Å². The quantitative estimate of drug-likeness (QED) is 0.0300. The van der Waals surface area contributed by atoms with Gasteiger partial charge in [-0.3, -0.25) is 10.1 Å². The van der Waals surface area contributed by atoms with E-state index in [0.29, 0.717) is 25.7 Å². The summed E-state index contributed by atoms with van der Waals surface area (Å²) in [6.45, 7) is 8.26. The molecule has 0 N–H and O–H groups in total. The summed E-state index contributed by atoms with van der Waals surface area (Å²) in [6, 6.07) is 5.23. The Morgan fingerprint density at radius 3 is 1.29 bits per heavy atom. The maximum absolute atomic E-state index is 14.0. The lowest BCUT2D eigenvalue weighted by Gasteiger charge is -2.20. The van der Waals surface area contributed by atoms with Gasteiger partial charge in [0.2, 0.25) is 0 Å². The molecule has 282 valence electrons. The number of hydrogen-bond donors (Lipinski definition) is 0. The van der Waals surface area contributed by atoms with Crippen molar-refractivity contribution in [3.8, 4) is 11.1 Å². The van der Waals surface area contributed by atoms with E-state index in [9.17, 15) is 29.3 Å². The maximum atomic E-state index is 14.0. The van der Waals surface area contributed by atoms with Crippen molar-refractivity contribution in [2.24, 2.45) is 0 Å². The maximum Gasteiger partial charge on any atom is 0.357 e. The Hall–Kier alpha value is -4.35. The van der Waals surface area contributed by atoms with E-state index >= 15 is 0 Å². The van der Waals surface area contributed by atoms with Crippen molar-refractivity contribution >= 4 is 29.6 Å². The largest absolute Gasteiger partial charge is 0.462 e. The van der Waals surface area contributed by atoms with Crippen LogP contribution in [0.3, 0.4) is 0 Å². The molecule has 0 aliphatic rings. The molecular weight excluding hydrogens is 656 g/mol. The molecule has 2 aromatic rings. The molecule has 0 saturated carbocycles. The lowest BCUT2D eigenvalue weighted by molar-refractivity contribution is -0.384. The summed E-state index contributed by atoms with van der Waals surface area (Å²) >= 11 is 0. The van der Waals surface area contributed by atoms with Crippen LogP contribution in [0.2, 0.25) is 0 Å². The molecule has 2 rings (SSSR count). The number of rotatable bonds is 26. The summed E-state index contributed by atoms with van der Waals surface area (Å²) in [7, 11) is 0. The average Bonchev–Trinajstić information content (AvgIpc) is 3.13. The van der Waals surface area contributed by atoms with Gasteiger partial charge in [0.15, 0.2) is 11.4 Å². The molecule has 1 aromatic heterocycles. The van der Waals surface area contributed by atoms with Gasteiger partial charge in [0, 0.05) is 17.7 Å². The number of nitrogens with zero attached hydrogens (tertiary/aromatic N) is 2. The van der Waals surface area contributed by atoms with Crippen LogP contribution in [0.5, 0.6) is 0 Å². The van der Waals surface area contributed by atoms with Crippen LogP contribution in [0.1, 0.15) is 172 Å². The Labute approximate surface area is 302 Å². The number of unbranched alkanes of at least 4 members (excludes halogenated alkanes) is 12. The fourth-order valence-electron chi connectivity index (χ4n) is 5.40. The number of non-ortho nitro benzene ring substituents is 1. The molecule has 0 aliphatic heterocycles.